The molecule has 4 aliphatic heterocycles. The zero-order chi connectivity index (χ0) is 19.5. The van der Waals surface area contributed by atoms with E-state index in [1.807, 2.05) is 18.2 Å². The van der Waals surface area contributed by atoms with E-state index in [1.165, 1.54) is 0 Å². The fourth-order valence-corrected chi connectivity index (χ4v) is 5.08. The summed E-state index contributed by atoms with van der Waals surface area (Å²) in [5, 5.41) is 5.94. The normalized spacial score (nSPS) is 33.7. The molecule has 6 rings (SSSR count). The first kappa shape index (κ1) is 17.8. The number of rotatable bonds is 5. The number of benzene rings is 1. The SMILES string of the molecule is NCC12CC(NCc3ccc4c(c3)CN(C3CCC(=O)NC3=O)C4=O)(CO1)C2. The van der Waals surface area contributed by atoms with Crippen molar-refractivity contribution in [2.45, 2.75) is 56.0 Å². The van der Waals surface area contributed by atoms with E-state index < -0.39 is 6.04 Å². The highest BCUT2D eigenvalue weighted by Gasteiger charge is 2.61. The molecule has 0 spiro atoms. The Hall–Kier alpha value is -2.29. The van der Waals surface area contributed by atoms with Crippen LogP contribution < -0.4 is 16.4 Å². The molecule has 4 N–H and O–H groups in total. The Kier molecular flexibility index (Phi) is 3.88. The molecule has 4 fully saturated rings. The number of carbonyl (C=O) groups excluding carboxylic acids is 3. The van der Waals surface area contributed by atoms with Gasteiger partial charge < -0.3 is 20.7 Å². The molecular formula is C20H24N4O4. The van der Waals surface area contributed by atoms with Crippen molar-refractivity contribution in [2.24, 2.45) is 5.73 Å². The molecule has 0 aromatic heterocycles. The largest absolute Gasteiger partial charge is 0.372 e. The van der Waals surface area contributed by atoms with Gasteiger partial charge in [-0.25, -0.2) is 0 Å². The third-order valence-electron chi connectivity index (χ3n) is 6.60. The number of piperidine rings is 1. The molecule has 8 nitrogen and oxygen atoms in total. The van der Waals surface area contributed by atoms with Crippen molar-refractivity contribution in [1.29, 1.82) is 0 Å². The summed E-state index contributed by atoms with van der Waals surface area (Å²) in [7, 11) is 0. The van der Waals surface area contributed by atoms with Gasteiger partial charge in [0.05, 0.1) is 12.2 Å². The molecule has 1 aromatic rings. The Bertz CT molecular complexity index is 877. The van der Waals surface area contributed by atoms with Gasteiger partial charge >= 0.3 is 0 Å². The smallest absolute Gasteiger partial charge is 0.255 e. The van der Waals surface area contributed by atoms with Crippen molar-refractivity contribution in [1.82, 2.24) is 15.5 Å². The summed E-state index contributed by atoms with van der Waals surface area (Å²) in [5.41, 5.74) is 8.37. The minimum absolute atomic E-state index is 0.0208. The average Bonchev–Trinajstić information content (AvgIpc) is 3.30. The summed E-state index contributed by atoms with van der Waals surface area (Å²) >= 11 is 0. The molecule has 1 aromatic carbocycles. The Morgan fingerprint density at radius 1 is 1.29 bits per heavy atom. The molecule has 3 saturated heterocycles. The summed E-state index contributed by atoms with van der Waals surface area (Å²) < 4.78 is 5.84. The van der Waals surface area contributed by atoms with Gasteiger partial charge in [-0.1, -0.05) is 12.1 Å². The maximum Gasteiger partial charge on any atom is 0.255 e. The van der Waals surface area contributed by atoms with Crippen LogP contribution in [0, 0.1) is 0 Å². The number of carbonyl (C=O) groups is 3. The Labute approximate surface area is 162 Å². The van der Waals surface area contributed by atoms with Crippen LogP contribution in [0.25, 0.3) is 0 Å². The van der Waals surface area contributed by atoms with E-state index in [1.54, 1.807) is 4.90 Å². The van der Waals surface area contributed by atoms with E-state index in [0.29, 0.717) is 38.2 Å². The predicted molar refractivity (Wildman–Crippen MR) is 99.0 cm³/mol. The number of ether oxygens (including phenoxy) is 1. The fourth-order valence-electron chi connectivity index (χ4n) is 5.08. The summed E-state index contributed by atoms with van der Waals surface area (Å²) in [5.74, 6) is -0.796. The molecule has 1 aliphatic carbocycles. The zero-order valence-corrected chi connectivity index (χ0v) is 15.6. The highest BCUT2D eigenvalue weighted by atomic mass is 16.5. The van der Waals surface area contributed by atoms with Gasteiger partial charge in [0, 0.05) is 37.2 Å². The Balaban J connectivity index is 1.26. The second kappa shape index (κ2) is 6.10. The summed E-state index contributed by atoms with van der Waals surface area (Å²) in [6.07, 6.45) is 2.54. The van der Waals surface area contributed by atoms with Gasteiger partial charge in [-0.2, -0.15) is 0 Å². The number of amides is 3. The molecule has 5 aliphatic rings. The monoisotopic (exact) mass is 384 g/mol. The molecule has 1 saturated carbocycles. The average molecular weight is 384 g/mol. The van der Waals surface area contributed by atoms with E-state index in [9.17, 15) is 14.4 Å². The molecule has 8 heteroatoms. The highest BCUT2D eigenvalue weighted by molar-refractivity contribution is 6.05. The van der Waals surface area contributed by atoms with Gasteiger partial charge in [0.2, 0.25) is 11.8 Å². The molecule has 4 heterocycles. The van der Waals surface area contributed by atoms with Gasteiger partial charge in [-0.3, -0.25) is 19.7 Å². The highest BCUT2D eigenvalue weighted by Crippen LogP contribution is 2.50. The van der Waals surface area contributed by atoms with E-state index in [0.717, 1.165) is 24.0 Å². The first-order valence-corrected chi connectivity index (χ1v) is 9.78. The van der Waals surface area contributed by atoms with Gasteiger partial charge in [-0.15, -0.1) is 0 Å². The van der Waals surface area contributed by atoms with Crippen LogP contribution in [-0.2, 0) is 27.4 Å². The number of nitrogens with zero attached hydrogens (tertiary/aromatic N) is 1. The maximum atomic E-state index is 12.7. The lowest BCUT2D eigenvalue weighted by molar-refractivity contribution is -0.136. The van der Waals surface area contributed by atoms with Gasteiger partial charge in [0.15, 0.2) is 0 Å². The molecule has 148 valence electrons. The first-order valence-electron chi connectivity index (χ1n) is 9.78. The van der Waals surface area contributed by atoms with Gasteiger partial charge in [0.25, 0.3) is 5.91 Å². The van der Waals surface area contributed by atoms with Crippen LogP contribution in [0.1, 0.15) is 47.2 Å². The minimum Gasteiger partial charge on any atom is -0.372 e. The lowest BCUT2D eigenvalue weighted by Gasteiger charge is -2.44. The third kappa shape index (κ3) is 2.67. The molecule has 2 bridgehead atoms. The van der Waals surface area contributed by atoms with Crippen LogP contribution in [0.5, 0.6) is 0 Å². The lowest BCUT2D eigenvalue weighted by atomic mass is 9.68. The van der Waals surface area contributed by atoms with Crippen LogP contribution in [0.4, 0.5) is 0 Å². The molecule has 1 atom stereocenters. The van der Waals surface area contributed by atoms with Crippen molar-refractivity contribution in [3.05, 3.63) is 34.9 Å². The zero-order valence-electron chi connectivity index (χ0n) is 15.6. The second-order valence-corrected chi connectivity index (χ2v) is 8.55. The number of hydrogen-bond acceptors (Lipinski definition) is 6. The summed E-state index contributed by atoms with van der Waals surface area (Å²) in [4.78, 5) is 37.8. The Morgan fingerprint density at radius 2 is 2.11 bits per heavy atom. The van der Waals surface area contributed by atoms with Crippen molar-refractivity contribution >= 4 is 17.7 Å². The van der Waals surface area contributed by atoms with Crippen LogP contribution in [0.3, 0.4) is 0 Å². The first-order chi connectivity index (χ1) is 13.4. The third-order valence-corrected chi connectivity index (χ3v) is 6.60. The molecule has 3 amide bonds. The van der Waals surface area contributed by atoms with Crippen molar-refractivity contribution in [2.75, 3.05) is 13.2 Å². The Morgan fingerprint density at radius 3 is 2.82 bits per heavy atom. The molecule has 28 heavy (non-hydrogen) atoms. The van der Waals surface area contributed by atoms with Crippen molar-refractivity contribution < 1.29 is 19.1 Å². The van der Waals surface area contributed by atoms with E-state index in [-0.39, 0.29) is 35.3 Å². The number of nitrogens with one attached hydrogen (secondary N) is 2. The fraction of sp³-hybridized carbons (Fsp3) is 0.550. The second-order valence-electron chi connectivity index (χ2n) is 8.55. The van der Waals surface area contributed by atoms with Gasteiger partial charge in [0.1, 0.15) is 6.04 Å². The minimum atomic E-state index is -0.576. The standard InChI is InChI=1S/C20H24N4O4/c21-10-20-8-19(9-20,11-28-20)22-6-12-1-2-14-13(5-12)7-24(18(14)27)15-3-4-16(25)23-17(15)26/h1-2,5,15,22H,3-4,6-11,21H2,(H,23,25,26). The molecule has 1 unspecified atom stereocenters. The number of hydrogen-bond donors (Lipinski definition) is 3. The lowest BCUT2D eigenvalue weighted by Crippen LogP contribution is -2.60. The predicted octanol–water partition coefficient (Wildman–Crippen LogP) is -0.202. The molecular weight excluding hydrogens is 360 g/mol. The quantitative estimate of drug-likeness (QED) is 0.606. The van der Waals surface area contributed by atoms with Crippen molar-refractivity contribution in [3.8, 4) is 0 Å². The van der Waals surface area contributed by atoms with Crippen LogP contribution in [0.2, 0.25) is 0 Å². The van der Waals surface area contributed by atoms with Crippen molar-refractivity contribution in [3.63, 3.8) is 0 Å². The molecule has 0 radical (unpaired) electrons. The van der Waals surface area contributed by atoms with Gasteiger partial charge in [-0.05, 0) is 36.5 Å². The van der Waals surface area contributed by atoms with E-state index in [2.05, 4.69) is 10.6 Å². The van der Waals surface area contributed by atoms with Crippen LogP contribution in [0.15, 0.2) is 18.2 Å². The number of nitrogens with two attached hydrogens (primary N) is 1. The maximum absolute atomic E-state index is 12.7. The van der Waals surface area contributed by atoms with E-state index in [4.69, 9.17) is 10.5 Å². The van der Waals surface area contributed by atoms with E-state index >= 15 is 0 Å². The number of fused-ring (bicyclic) bond motifs is 2. The van der Waals surface area contributed by atoms with Crippen LogP contribution in [-0.4, -0.2) is 53.0 Å². The van der Waals surface area contributed by atoms with Crippen LogP contribution >= 0.6 is 0 Å². The number of imide groups is 1. The topological polar surface area (TPSA) is 114 Å². The summed E-state index contributed by atoms with van der Waals surface area (Å²) in [6.45, 7) is 2.35. The summed E-state index contributed by atoms with van der Waals surface area (Å²) in [6, 6.07) is 5.26.